The van der Waals surface area contributed by atoms with Crippen LogP contribution in [0, 0.1) is 5.92 Å². The van der Waals surface area contributed by atoms with Gasteiger partial charge in [-0.2, -0.15) is 4.37 Å². The Kier molecular flexibility index (Phi) is 5.40. The predicted molar refractivity (Wildman–Crippen MR) is 76.8 cm³/mol. The van der Waals surface area contributed by atoms with Gasteiger partial charge in [0.25, 0.3) is 0 Å². The molecular formula is C11H21N3O2S2. The Bertz CT molecular complexity index is 480. The first-order valence-electron chi connectivity index (χ1n) is 6.01. The molecule has 5 nitrogen and oxygen atoms in total. The summed E-state index contributed by atoms with van der Waals surface area (Å²) >= 11 is 1.10. The van der Waals surface area contributed by atoms with Crippen molar-refractivity contribution in [3.05, 3.63) is 0 Å². The second-order valence-corrected chi connectivity index (χ2v) is 7.54. The lowest BCUT2D eigenvalue weighted by molar-refractivity contribution is 0.545. The number of nitrogens with two attached hydrogens (primary N) is 1. The van der Waals surface area contributed by atoms with Crippen molar-refractivity contribution in [1.82, 2.24) is 4.37 Å². The molecule has 0 bridgehead atoms. The standard InChI is InChI=1S/C11H21N3O2S2/c1-8(2)6-4-5-7-13-11-9(18(3,15)16)10(12)14-17-11/h8,13H,4-7H2,1-3H3,(H2,12,14). The van der Waals surface area contributed by atoms with Crippen LogP contribution in [0.4, 0.5) is 10.8 Å². The normalized spacial score (nSPS) is 12.0. The van der Waals surface area contributed by atoms with Crippen LogP contribution in [-0.4, -0.2) is 25.6 Å². The molecule has 0 atom stereocenters. The molecule has 1 heterocycles. The molecule has 0 radical (unpaired) electrons. The number of nitrogen functional groups attached to an aromatic ring is 1. The lowest BCUT2D eigenvalue weighted by Gasteiger charge is -2.07. The summed E-state index contributed by atoms with van der Waals surface area (Å²) in [5, 5.41) is 3.67. The van der Waals surface area contributed by atoms with E-state index < -0.39 is 9.84 Å². The lowest BCUT2D eigenvalue weighted by atomic mass is 10.1. The number of nitrogens with zero attached hydrogens (tertiary/aromatic N) is 1. The molecule has 0 aromatic carbocycles. The van der Waals surface area contributed by atoms with E-state index in [1.54, 1.807) is 0 Å². The molecule has 104 valence electrons. The molecular weight excluding hydrogens is 270 g/mol. The van der Waals surface area contributed by atoms with Crippen LogP contribution in [0.1, 0.15) is 33.1 Å². The molecule has 1 rings (SSSR count). The minimum Gasteiger partial charge on any atom is -0.382 e. The Balaban J connectivity index is 2.54. The third-order valence-electron chi connectivity index (χ3n) is 2.54. The van der Waals surface area contributed by atoms with Crippen LogP contribution < -0.4 is 11.1 Å². The molecule has 0 saturated heterocycles. The average Bonchev–Trinajstić information content (AvgIpc) is 2.58. The quantitative estimate of drug-likeness (QED) is 0.753. The molecule has 1 aromatic rings. The van der Waals surface area contributed by atoms with E-state index in [2.05, 4.69) is 23.5 Å². The summed E-state index contributed by atoms with van der Waals surface area (Å²) in [6, 6.07) is 0. The maximum absolute atomic E-state index is 11.6. The number of unbranched alkanes of at least 4 members (excludes halogenated alkanes) is 1. The van der Waals surface area contributed by atoms with E-state index in [1.807, 2.05) is 0 Å². The summed E-state index contributed by atoms with van der Waals surface area (Å²) in [6.45, 7) is 5.13. The van der Waals surface area contributed by atoms with E-state index >= 15 is 0 Å². The summed E-state index contributed by atoms with van der Waals surface area (Å²) in [5.74, 6) is 0.794. The number of anilines is 2. The fraction of sp³-hybridized carbons (Fsp3) is 0.727. The van der Waals surface area contributed by atoms with Crippen LogP contribution in [0.5, 0.6) is 0 Å². The zero-order valence-corrected chi connectivity index (χ0v) is 12.7. The first kappa shape index (κ1) is 15.2. The Morgan fingerprint density at radius 1 is 1.39 bits per heavy atom. The van der Waals surface area contributed by atoms with Crippen molar-refractivity contribution in [2.75, 3.05) is 23.9 Å². The van der Waals surface area contributed by atoms with Crippen LogP contribution in [0.15, 0.2) is 4.90 Å². The molecule has 0 spiro atoms. The molecule has 0 amide bonds. The highest BCUT2D eigenvalue weighted by Gasteiger charge is 2.20. The van der Waals surface area contributed by atoms with Gasteiger partial charge in [-0.15, -0.1) is 0 Å². The van der Waals surface area contributed by atoms with Gasteiger partial charge >= 0.3 is 0 Å². The van der Waals surface area contributed by atoms with Gasteiger partial charge < -0.3 is 11.1 Å². The zero-order valence-electron chi connectivity index (χ0n) is 11.1. The monoisotopic (exact) mass is 291 g/mol. The zero-order chi connectivity index (χ0) is 13.8. The van der Waals surface area contributed by atoms with Gasteiger partial charge in [0.2, 0.25) is 0 Å². The van der Waals surface area contributed by atoms with Gasteiger partial charge in [0.1, 0.15) is 9.90 Å². The number of hydrogen-bond donors (Lipinski definition) is 2. The summed E-state index contributed by atoms with van der Waals surface area (Å²) in [5.41, 5.74) is 5.58. The van der Waals surface area contributed by atoms with Crippen molar-refractivity contribution in [1.29, 1.82) is 0 Å². The highest BCUT2D eigenvalue weighted by Crippen LogP contribution is 2.31. The molecule has 0 saturated carbocycles. The van der Waals surface area contributed by atoms with E-state index in [-0.39, 0.29) is 10.7 Å². The second-order valence-electron chi connectivity index (χ2n) is 4.81. The van der Waals surface area contributed by atoms with Gasteiger partial charge in [-0.25, -0.2) is 8.42 Å². The predicted octanol–water partition coefficient (Wildman–Crippen LogP) is 2.37. The summed E-state index contributed by atoms with van der Waals surface area (Å²) in [6.07, 6.45) is 4.48. The maximum Gasteiger partial charge on any atom is 0.182 e. The van der Waals surface area contributed by atoms with Crippen LogP contribution in [-0.2, 0) is 9.84 Å². The van der Waals surface area contributed by atoms with Crippen molar-refractivity contribution in [3.63, 3.8) is 0 Å². The Morgan fingerprint density at radius 3 is 2.61 bits per heavy atom. The van der Waals surface area contributed by atoms with E-state index in [4.69, 9.17) is 5.73 Å². The third-order valence-corrected chi connectivity index (χ3v) is 4.64. The Hall–Kier alpha value is -0.820. The second kappa shape index (κ2) is 6.38. The summed E-state index contributed by atoms with van der Waals surface area (Å²) < 4.78 is 27.0. The van der Waals surface area contributed by atoms with E-state index in [9.17, 15) is 8.42 Å². The van der Waals surface area contributed by atoms with Gasteiger partial charge in [-0.1, -0.05) is 26.7 Å². The van der Waals surface area contributed by atoms with Crippen molar-refractivity contribution in [2.45, 2.75) is 38.0 Å². The Morgan fingerprint density at radius 2 is 2.06 bits per heavy atom. The molecule has 0 fully saturated rings. The van der Waals surface area contributed by atoms with Crippen molar-refractivity contribution < 1.29 is 8.42 Å². The molecule has 18 heavy (non-hydrogen) atoms. The number of nitrogens with one attached hydrogen (secondary N) is 1. The fourth-order valence-electron chi connectivity index (χ4n) is 1.64. The molecule has 3 N–H and O–H groups in total. The largest absolute Gasteiger partial charge is 0.382 e. The van der Waals surface area contributed by atoms with Gasteiger partial charge in [0, 0.05) is 12.8 Å². The molecule has 7 heteroatoms. The first-order chi connectivity index (χ1) is 8.32. The Labute approximate surface area is 113 Å². The molecule has 0 unspecified atom stereocenters. The number of hydrogen-bond acceptors (Lipinski definition) is 6. The van der Waals surface area contributed by atoms with Gasteiger partial charge in [0.15, 0.2) is 15.7 Å². The summed E-state index contributed by atoms with van der Waals surface area (Å²) in [7, 11) is -3.32. The topological polar surface area (TPSA) is 85.1 Å². The van der Waals surface area contributed by atoms with E-state index in [0.29, 0.717) is 10.9 Å². The van der Waals surface area contributed by atoms with Crippen LogP contribution in [0.3, 0.4) is 0 Å². The molecule has 0 aliphatic rings. The smallest absolute Gasteiger partial charge is 0.182 e. The van der Waals surface area contributed by atoms with E-state index in [1.165, 1.54) is 6.42 Å². The SMILES string of the molecule is CC(C)CCCCNc1snc(N)c1S(C)(=O)=O. The van der Waals surface area contributed by atoms with Crippen LogP contribution >= 0.6 is 11.5 Å². The van der Waals surface area contributed by atoms with Crippen molar-refractivity contribution in [3.8, 4) is 0 Å². The van der Waals surface area contributed by atoms with E-state index in [0.717, 1.165) is 37.2 Å². The van der Waals surface area contributed by atoms with Crippen LogP contribution in [0.2, 0.25) is 0 Å². The molecule has 1 aromatic heterocycles. The highest BCUT2D eigenvalue weighted by atomic mass is 32.2. The number of rotatable bonds is 7. The number of sulfone groups is 1. The van der Waals surface area contributed by atoms with Crippen LogP contribution in [0.25, 0.3) is 0 Å². The molecule has 0 aliphatic heterocycles. The van der Waals surface area contributed by atoms with Gasteiger partial charge in [-0.3, -0.25) is 0 Å². The highest BCUT2D eigenvalue weighted by molar-refractivity contribution is 7.91. The minimum atomic E-state index is -3.32. The average molecular weight is 291 g/mol. The molecule has 0 aliphatic carbocycles. The van der Waals surface area contributed by atoms with Crippen molar-refractivity contribution >= 4 is 32.2 Å². The summed E-state index contributed by atoms with van der Waals surface area (Å²) in [4.78, 5) is 0.136. The minimum absolute atomic E-state index is 0.0900. The lowest BCUT2D eigenvalue weighted by Crippen LogP contribution is -2.07. The van der Waals surface area contributed by atoms with Gasteiger partial charge in [0.05, 0.1) is 0 Å². The third kappa shape index (κ3) is 4.45. The first-order valence-corrected chi connectivity index (χ1v) is 8.68. The van der Waals surface area contributed by atoms with Crippen molar-refractivity contribution in [2.24, 2.45) is 5.92 Å². The maximum atomic E-state index is 11.6. The fourth-order valence-corrected chi connectivity index (χ4v) is 3.74. The van der Waals surface area contributed by atoms with Gasteiger partial charge in [-0.05, 0) is 23.9 Å². The number of aromatic nitrogens is 1.